The number of nitrogens with zero attached hydrogens (tertiary/aromatic N) is 3. The van der Waals surface area contributed by atoms with Crippen LogP contribution in [0.4, 0.5) is 18.9 Å². The second-order valence-electron chi connectivity index (χ2n) is 3.76. The number of benzene rings is 1. The lowest BCUT2D eigenvalue weighted by Gasteiger charge is -2.08. The maximum atomic E-state index is 13.4. The van der Waals surface area contributed by atoms with Crippen molar-refractivity contribution in [3.8, 4) is 5.75 Å². The molecule has 0 bridgehead atoms. The summed E-state index contributed by atoms with van der Waals surface area (Å²) in [6.07, 6.45) is 1.71. The van der Waals surface area contributed by atoms with Gasteiger partial charge in [-0.3, -0.25) is 4.68 Å². The van der Waals surface area contributed by atoms with Gasteiger partial charge in [-0.2, -0.15) is 8.78 Å². The molecule has 1 N–H and O–H groups in total. The lowest BCUT2D eigenvalue weighted by molar-refractivity contribution is -0.0521. The second kappa shape index (κ2) is 5.59. The van der Waals surface area contributed by atoms with E-state index in [2.05, 4.69) is 20.4 Å². The second-order valence-corrected chi connectivity index (χ2v) is 3.76. The van der Waals surface area contributed by atoms with Crippen LogP contribution in [0.15, 0.2) is 24.4 Å². The first-order valence-electron chi connectivity index (χ1n) is 5.38. The molecular formula is C11H11F3N4O. The van der Waals surface area contributed by atoms with E-state index in [4.69, 9.17) is 0 Å². The molecule has 1 heterocycles. The van der Waals surface area contributed by atoms with E-state index in [1.807, 2.05) is 0 Å². The van der Waals surface area contributed by atoms with Gasteiger partial charge in [0.05, 0.1) is 6.54 Å². The quantitative estimate of drug-likeness (QED) is 0.906. The van der Waals surface area contributed by atoms with Crippen LogP contribution in [-0.2, 0) is 13.6 Å². The largest absolute Gasteiger partial charge is 0.432 e. The molecule has 19 heavy (non-hydrogen) atoms. The van der Waals surface area contributed by atoms with E-state index >= 15 is 0 Å². The number of alkyl halides is 2. The van der Waals surface area contributed by atoms with Gasteiger partial charge in [0.15, 0.2) is 11.6 Å². The zero-order chi connectivity index (χ0) is 13.8. The highest BCUT2D eigenvalue weighted by Crippen LogP contribution is 2.22. The number of aryl methyl sites for hydroxylation is 1. The highest BCUT2D eigenvalue weighted by atomic mass is 19.3. The Morgan fingerprint density at radius 1 is 1.42 bits per heavy atom. The Hall–Kier alpha value is -2.25. The zero-order valence-corrected chi connectivity index (χ0v) is 9.98. The highest BCUT2D eigenvalue weighted by molar-refractivity contribution is 5.47. The molecule has 5 nitrogen and oxygen atoms in total. The van der Waals surface area contributed by atoms with Gasteiger partial charge in [-0.05, 0) is 12.1 Å². The van der Waals surface area contributed by atoms with Gasteiger partial charge in [-0.1, -0.05) is 5.21 Å². The molecule has 0 aliphatic carbocycles. The van der Waals surface area contributed by atoms with Gasteiger partial charge in [-0.15, -0.1) is 5.10 Å². The summed E-state index contributed by atoms with van der Waals surface area (Å²) >= 11 is 0. The Balaban J connectivity index is 1.99. The molecular weight excluding hydrogens is 261 g/mol. The monoisotopic (exact) mass is 272 g/mol. The summed E-state index contributed by atoms with van der Waals surface area (Å²) in [6.45, 7) is -2.70. The molecule has 0 fully saturated rings. The molecule has 1 aromatic carbocycles. The summed E-state index contributed by atoms with van der Waals surface area (Å²) in [5.74, 6) is -1.34. The number of aromatic nitrogens is 3. The summed E-state index contributed by atoms with van der Waals surface area (Å²) in [5, 5.41) is 10.5. The molecule has 0 atom stereocenters. The normalized spacial score (nSPS) is 10.8. The number of nitrogens with one attached hydrogen (secondary N) is 1. The number of halogens is 3. The van der Waals surface area contributed by atoms with Gasteiger partial charge in [-0.25, -0.2) is 4.39 Å². The van der Waals surface area contributed by atoms with Crippen molar-refractivity contribution in [1.29, 1.82) is 0 Å². The van der Waals surface area contributed by atoms with Crippen LogP contribution in [-0.4, -0.2) is 21.6 Å². The fraction of sp³-hybridized carbons (Fsp3) is 0.273. The van der Waals surface area contributed by atoms with E-state index in [9.17, 15) is 13.2 Å². The molecule has 2 aromatic rings. The van der Waals surface area contributed by atoms with Crippen molar-refractivity contribution in [2.45, 2.75) is 13.2 Å². The van der Waals surface area contributed by atoms with Gasteiger partial charge in [0.2, 0.25) is 0 Å². The van der Waals surface area contributed by atoms with E-state index in [0.29, 0.717) is 17.9 Å². The van der Waals surface area contributed by atoms with Gasteiger partial charge in [0.25, 0.3) is 0 Å². The predicted octanol–water partition coefficient (Wildman–Crippen LogP) is 2.17. The van der Waals surface area contributed by atoms with Gasteiger partial charge >= 0.3 is 6.61 Å². The summed E-state index contributed by atoms with van der Waals surface area (Å²) in [4.78, 5) is 0. The lowest BCUT2D eigenvalue weighted by atomic mass is 10.3. The number of anilines is 1. The molecule has 0 aliphatic heterocycles. The van der Waals surface area contributed by atoms with E-state index in [0.717, 1.165) is 12.1 Å². The molecule has 0 saturated carbocycles. The Morgan fingerprint density at radius 3 is 2.79 bits per heavy atom. The third-order valence-corrected chi connectivity index (χ3v) is 2.27. The molecule has 0 spiro atoms. The predicted molar refractivity (Wildman–Crippen MR) is 61.4 cm³/mol. The van der Waals surface area contributed by atoms with E-state index in [1.54, 1.807) is 13.2 Å². The van der Waals surface area contributed by atoms with E-state index in [-0.39, 0.29) is 0 Å². The van der Waals surface area contributed by atoms with E-state index < -0.39 is 18.2 Å². The fourth-order valence-electron chi connectivity index (χ4n) is 1.47. The molecule has 8 heteroatoms. The minimum atomic E-state index is -3.05. The number of ether oxygens (including phenoxy) is 1. The number of rotatable bonds is 5. The first-order chi connectivity index (χ1) is 9.04. The number of hydrogen-bond donors (Lipinski definition) is 1. The number of hydrogen-bond acceptors (Lipinski definition) is 4. The Morgan fingerprint density at radius 2 is 2.21 bits per heavy atom. The minimum absolute atomic E-state index is 0.350. The molecule has 0 saturated heterocycles. The molecule has 1 aromatic heterocycles. The Labute approximate surface area is 107 Å². The van der Waals surface area contributed by atoms with Crippen molar-refractivity contribution in [2.75, 3.05) is 5.32 Å². The first-order valence-corrected chi connectivity index (χ1v) is 5.38. The first kappa shape index (κ1) is 13.2. The third kappa shape index (κ3) is 3.60. The Kier molecular flexibility index (Phi) is 3.88. The van der Waals surface area contributed by atoms with Crippen molar-refractivity contribution in [2.24, 2.45) is 7.05 Å². The fourth-order valence-corrected chi connectivity index (χ4v) is 1.47. The van der Waals surface area contributed by atoms with Crippen LogP contribution in [0.3, 0.4) is 0 Å². The molecule has 102 valence electrons. The van der Waals surface area contributed by atoms with Crippen LogP contribution in [0.5, 0.6) is 5.75 Å². The third-order valence-electron chi connectivity index (χ3n) is 2.27. The van der Waals surface area contributed by atoms with Crippen LogP contribution in [0.25, 0.3) is 0 Å². The summed E-state index contributed by atoms with van der Waals surface area (Å²) in [7, 11) is 1.73. The van der Waals surface area contributed by atoms with Crippen LogP contribution < -0.4 is 10.1 Å². The average Bonchev–Trinajstić information content (AvgIpc) is 2.75. The zero-order valence-electron chi connectivity index (χ0n) is 9.98. The molecule has 0 radical (unpaired) electrons. The van der Waals surface area contributed by atoms with Crippen LogP contribution >= 0.6 is 0 Å². The van der Waals surface area contributed by atoms with Gasteiger partial charge in [0, 0.05) is 25.0 Å². The topological polar surface area (TPSA) is 52.0 Å². The van der Waals surface area contributed by atoms with Crippen molar-refractivity contribution < 1.29 is 17.9 Å². The van der Waals surface area contributed by atoms with Crippen molar-refractivity contribution in [1.82, 2.24) is 15.0 Å². The molecule has 0 unspecified atom stereocenters. The van der Waals surface area contributed by atoms with Crippen molar-refractivity contribution in [3.05, 3.63) is 35.9 Å². The summed E-state index contributed by atoms with van der Waals surface area (Å²) in [5.41, 5.74) is 1.11. The maximum Gasteiger partial charge on any atom is 0.387 e. The van der Waals surface area contributed by atoms with Crippen LogP contribution in [0, 0.1) is 5.82 Å². The lowest BCUT2D eigenvalue weighted by Crippen LogP contribution is -2.05. The van der Waals surface area contributed by atoms with Crippen LogP contribution in [0.2, 0.25) is 0 Å². The van der Waals surface area contributed by atoms with Gasteiger partial charge in [0.1, 0.15) is 5.69 Å². The average molecular weight is 272 g/mol. The smallest absolute Gasteiger partial charge is 0.387 e. The SMILES string of the molecule is Cn1cc(CNc2ccc(OC(F)F)c(F)c2)nn1. The maximum absolute atomic E-state index is 13.4. The van der Waals surface area contributed by atoms with E-state index in [1.165, 1.54) is 10.7 Å². The van der Waals surface area contributed by atoms with Crippen molar-refractivity contribution >= 4 is 5.69 Å². The molecule has 0 aliphatic rings. The minimum Gasteiger partial charge on any atom is -0.432 e. The van der Waals surface area contributed by atoms with Crippen molar-refractivity contribution in [3.63, 3.8) is 0 Å². The van der Waals surface area contributed by atoms with Gasteiger partial charge < -0.3 is 10.1 Å². The summed E-state index contributed by atoms with van der Waals surface area (Å²) < 4.78 is 42.9. The summed E-state index contributed by atoms with van der Waals surface area (Å²) in [6, 6.07) is 3.66. The molecule has 2 rings (SSSR count). The Bertz CT molecular complexity index is 559. The van der Waals surface area contributed by atoms with Crippen LogP contribution in [0.1, 0.15) is 5.69 Å². The highest BCUT2D eigenvalue weighted by Gasteiger charge is 2.10. The standard InChI is InChI=1S/C11H11F3N4O/c1-18-6-8(16-17-18)5-15-7-2-3-10(9(12)4-7)19-11(13)14/h2-4,6,11,15H,5H2,1H3. The molecule has 0 amide bonds.